The molecule has 0 saturated heterocycles. The monoisotopic (exact) mass is 378 g/mol. The summed E-state index contributed by atoms with van der Waals surface area (Å²) in [6.45, 7) is -0.377. The Morgan fingerprint density at radius 2 is 1.73 bits per heavy atom. The predicted octanol–water partition coefficient (Wildman–Crippen LogP) is 2.69. The molecule has 0 fully saturated rings. The lowest BCUT2D eigenvalue weighted by Crippen LogP contribution is -2.24. The van der Waals surface area contributed by atoms with Crippen LogP contribution in [-0.2, 0) is 4.79 Å². The second-order valence-corrected chi connectivity index (χ2v) is 5.20. The number of nitro benzene ring substituents is 2. The van der Waals surface area contributed by atoms with Crippen LogP contribution < -0.4 is 10.2 Å². The zero-order valence-electron chi connectivity index (χ0n) is 13.0. The first-order chi connectivity index (χ1) is 12.4. The summed E-state index contributed by atoms with van der Waals surface area (Å²) in [6.07, 6.45) is 1.17. The lowest BCUT2D eigenvalue weighted by atomic mass is 10.2. The molecular formula is C15H11ClN4O6. The molecule has 0 aliphatic rings. The molecule has 0 spiro atoms. The van der Waals surface area contributed by atoms with Crippen LogP contribution in [0.2, 0.25) is 5.02 Å². The number of carbonyl (C=O) groups is 1. The maximum Gasteiger partial charge on any atom is 0.277 e. The second-order valence-electron chi connectivity index (χ2n) is 4.80. The smallest absolute Gasteiger partial charge is 0.277 e. The summed E-state index contributed by atoms with van der Waals surface area (Å²) in [5.41, 5.74) is 2.18. The third kappa shape index (κ3) is 5.24. The number of ether oxygens (including phenoxy) is 1. The van der Waals surface area contributed by atoms with Gasteiger partial charge >= 0.3 is 0 Å². The SMILES string of the molecule is O=C(COc1ccc([N+](=O)[O-])cc1)NN=Cc1cc([N+](=O)[O-])ccc1Cl. The van der Waals surface area contributed by atoms with Gasteiger partial charge in [-0.25, -0.2) is 5.43 Å². The molecule has 2 aromatic rings. The first-order valence-electron chi connectivity index (χ1n) is 7.00. The number of halogens is 1. The minimum Gasteiger partial charge on any atom is -0.484 e. The van der Waals surface area contributed by atoms with Gasteiger partial charge < -0.3 is 4.74 Å². The second kappa shape index (κ2) is 8.53. The minimum absolute atomic E-state index is 0.0970. The average molecular weight is 379 g/mol. The van der Waals surface area contributed by atoms with Gasteiger partial charge in [0.2, 0.25) is 0 Å². The Bertz CT molecular complexity index is 869. The average Bonchev–Trinajstić information content (AvgIpc) is 2.61. The molecule has 2 aromatic carbocycles. The lowest BCUT2D eigenvalue weighted by Gasteiger charge is -2.04. The van der Waals surface area contributed by atoms with Crippen LogP contribution in [0.15, 0.2) is 47.6 Å². The molecule has 1 N–H and O–H groups in total. The van der Waals surface area contributed by atoms with E-state index < -0.39 is 15.8 Å². The van der Waals surface area contributed by atoms with Gasteiger partial charge in [-0.15, -0.1) is 0 Å². The number of nitrogens with zero attached hydrogens (tertiary/aromatic N) is 3. The van der Waals surface area contributed by atoms with Crippen molar-refractivity contribution < 1.29 is 19.4 Å². The zero-order valence-corrected chi connectivity index (χ0v) is 13.8. The molecule has 26 heavy (non-hydrogen) atoms. The molecular weight excluding hydrogens is 368 g/mol. The van der Waals surface area contributed by atoms with Gasteiger partial charge in [-0.1, -0.05) is 11.6 Å². The molecule has 0 heterocycles. The fourth-order valence-electron chi connectivity index (χ4n) is 1.76. The zero-order chi connectivity index (χ0) is 19.1. The van der Waals surface area contributed by atoms with E-state index in [4.69, 9.17) is 16.3 Å². The Kier molecular flexibility index (Phi) is 6.17. The van der Waals surface area contributed by atoms with E-state index in [1.54, 1.807) is 0 Å². The van der Waals surface area contributed by atoms with Gasteiger partial charge in [0.25, 0.3) is 17.3 Å². The molecule has 0 atom stereocenters. The van der Waals surface area contributed by atoms with Crippen molar-refractivity contribution in [3.8, 4) is 5.75 Å². The molecule has 0 aliphatic heterocycles. The fraction of sp³-hybridized carbons (Fsp3) is 0.0667. The number of non-ortho nitro benzene ring substituents is 2. The van der Waals surface area contributed by atoms with Crippen molar-refractivity contribution in [2.45, 2.75) is 0 Å². The van der Waals surface area contributed by atoms with E-state index >= 15 is 0 Å². The van der Waals surface area contributed by atoms with Crippen LogP contribution in [0.3, 0.4) is 0 Å². The number of carbonyl (C=O) groups excluding carboxylic acids is 1. The quantitative estimate of drug-likeness (QED) is 0.446. The first-order valence-corrected chi connectivity index (χ1v) is 7.37. The third-order valence-electron chi connectivity index (χ3n) is 3.00. The number of rotatable bonds is 7. The van der Waals surface area contributed by atoms with Crippen molar-refractivity contribution in [3.05, 3.63) is 73.3 Å². The van der Waals surface area contributed by atoms with E-state index in [2.05, 4.69) is 10.5 Å². The van der Waals surface area contributed by atoms with Crippen LogP contribution in [0.5, 0.6) is 5.75 Å². The molecule has 2 rings (SSSR count). The van der Waals surface area contributed by atoms with Crippen molar-refractivity contribution in [1.82, 2.24) is 5.43 Å². The van der Waals surface area contributed by atoms with Gasteiger partial charge in [0.1, 0.15) is 5.75 Å². The van der Waals surface area contributed by atoms with E-state index in [0.717, 1.165) is 0 Å². The van der Waals surface area contributed by atoms with Gasteiger partial charge in [0, 0.05) is 34.9 Å². The van der Waals surface area contributed by atoms with Gasteiger partial charge in [0.05, 0.1) is 16.1 Å². The van der Waals surface area contributed by atoms with Crippen LogP contribution in [-0.4, -0.2) is 28.6 Å². The summed E-state index contributed by atoms with van der Waals surface area (Å²) in [5, 5.41) is 25.1. The Labute approximate surface area is 151 Å². The highest BCUT2D eigenvalue weighted by molar-refractivity contribution is 6.33. The molecule has 10 nitrogen and oxygen atoms in total. The molecule has 11 heteroatoms. The van der Waals surface area contributed by atoms with Crippen LogP contribution >= 0.6 is 11.6 Å². The highest BCUT2D eigenvalue weighted by Crippen LogP contribution is 2.20. The predicted molar refractivity (Wildman–Crippen MR) is 92.4 cm³/mol. The Morgan fingerprint density at radius 3 is 2.35 bits per heavy atom. The molecule has 0 bridgehead atoms. The summed E-state index contributed by atoms with van der Waals surface area (Å²) in [6, 6.07) is 9.02. The van der Waals surface area contributed by atoms with Crippen molar-refractivity contribution in [2.75, 3.05) is 6.61 Å². The van der Waals surface area contributed by atoms with Crippen LogP contribution in [0.25, 0.3) is 0 Å². The van der Waals surface area contributed by atoms with Crippen LogP contribution in [0.4, 0.5) is 11.4 Å². The highest BCUT2D eigenvalue weighted by atomic mass is 35.5. The number of hydrogen-bond acceptors (Lipinski definition) is 7. The molecule has 0 aliphatic carbocycles. The maximum atomic E-state index is 11.6. The third-order valence-corrected chi connectivity index (χ3v) is 3.34. The van der Waals surface area contributed by atoms with Gasteiger partial charge in [-0.3, -0.25) is 25.0 Å². The minimum atomic E-state index is -0.596. The number of amides is 1. The van der Waals surface area contributed by atoms with Gasteiger partial charge in [-0.05, 0) is 18.2 Å². The number of hydrogen-bond donors (Lipinski definition) is 1. The number of benzene rings is 2. The van der Waals surface area contributed by atoms with Gasteiger partial charge in [0.15, 0.2) is 6.61 Å². The largest absolute Gasteiger partial charge is 0.484 e. The summed E-state index contributed by atoms with van der Waals surface area (Å²) in [4.78, 5) is 31.8. The van der Waals surface area contributed by atoms with Crippen molar-refractivity contribution in [3.63, 3.8) is 0 Å². The van der Waals surface area contributed by atoms with E-state index in [9.17, 15) is 25.0 Å². The van der Waals surface area contributed by atoms with Crippen molar-refractivity contribution in [1.29, 1.82) is 0 Å². The van der Waals surface area contributed by atoms with Crippen molar-refractivity contribution >= 4 is 35.1 Å². The van der Waals surface area contributed by atoms with E-state index in [1.807, 2.05) is 0 Å². The lowest BCUT2D eigenvalue weighted by molar-refractivity contribution is -0.385. The van der Waals surface area contributed by atoms with E-state index in [0.29, 0.717) is 0 Å². The Balaban J connectivity index is 1.88. The molecule has 0 saturated carbocycles. The Morgan fingerprint density at radius 1 is 1.12 bits per heavy atom. The molecule has 0 unspecified atom stereocenters. The van der Waals surface area contributed by atoms with Crippen LogP contribution in [0, 0.1) is 20.2 Å². The molecule has 0 radical (unpaired) electrons. The number of nitrogens with one attached hydrogen (secondary N) is 1. The van der Waals surface area contributed by atoms with E-state index in [-0.39, 0.29) is 34.3 Å². The maximum absolute atomic E-state index is 11.6. The topological polar surface area (TPSA) is 137 Å². The van der Waals surface area contributed by atoms with Crippen LogP contribution in [0.1, 0.15) is 5.56 Å². The van der Waals surface area contributed by atoms with E-state index in [1.165, 1.54) is 48.7 Å². The Hall–Kier alpha value is -3.53. The molecule has 134 valence electrons. The number of nitro groups is 2. The highest BCUT2D eigenvalue weighted by Gasteiger charge is 2.09. The molecule has 1 amide bonds. The fourth-order valence-corrected chi connectivity index (χ4v) is 1.93. The van der Waals surface area contributed by atoms with Gasteiger partial charge in [-0.2, -0.15) is 5.10 Å². The summed E-state index contributed by atoms with van der Waals surface area (Å²) in [7, 11) is 0. The summed E-state index contributed by atoms with van der Waals surface area (Å²) >= 11 is 5.89. The van der Waals surface area contributed by atoms with Crippen molar-refractivity contribution in [2.24, 2.45) is 5.10 Å². The first kappa shape index (κ1) is 18.8. The number of hydrazone groups is 1. The normalized spacial score (nSPS) is 10.5. The summed E-state index contributed by atoms with van der Waals surface area (Å²) < 4.78 is 5.16. The standard InChI is InChI=1S/C15H11ClN4O6/c16-14-6-3-12(20(24)25)7-10(14)8-17-18-15(21)9-26-13-4-1-11(2-5-13)19(22)23/h1-8H,9H2,(H,18,21). The molecule has 0 aromatic heterocycles. The summed E-state index contributed by atoms with van der Waals surface area (Å²) in [5.74, 6) is -0.322.